The van der Waals surface area contributed by atoms with E-state index in [9.17, 15) is 24.8 Å². The number of fused-ring (bicyclic) bond motifs is 1. The van der Waals surface area contributed by atoms with Gasteiger partial charge in [0, 0.05) is 22.9 Å². The summed E-state index contributed by atoms with van der Waals surface area (Å²) in [6, 6.07) is 9.43. The van der Waals surface area contributed by atoms with Crippen molar-refractivity contribution in [3.05, 3.63) is 52.1 Å². The fraction of sp³-hybridized carbons (Fsp3) is 0.167. The second-order valence-electron chi connectivity index (χ2n) is 5.93. The molecule has 29 heavy (non-hydrogen) atoms. The van der Waals surface area contributed by atoms with Gasteiger partial charge in [-0.2, -0.15) is 5.10 Å². The summed E-state index contributed by atoms with van der Waals surface area (Å²) in [5.41, 5.74) is 2.64. The predicted molar refractivity (Wildman–Crippen MR) is 106 cm³/mol. The number of benzene rings is 2. The van der Waals surface area contributed by atoms with Crippen LogP contribution in [0.3, 0.4) is 0 Å². The monoisotopic (exact) mass is 416 g/mol. The molecule has 0 aliphatic carbocycles. The Morgan fingerprint density at radius 2 is 2.21 bits per heavy atom. The number of nitrogens with one attached hydrogen (secondary N) is 2. The van der Waals surface area contributed by atoms with E-state index in [-0.39, 0.29) is 35.1 Å². The highest BCUT2D eigenvalue weighted by molar-refractivity contribution is 8.01. The Morgan fingerprint density at radius 3 is 2.93 bits per heavy atom. The molecule has 0 fully saturated rings. The molecule has 0 unspecified atom stereocenters. The molecule has 0 bridgehead atoms. The Kier molecular flexibility index (Phi) is 5.98. The molecule has 0 saturated heterocycles. The molecule has 1 heterocycles. The zero-order valence-electron chi connectivity index (χ0n) is 15.1. The van der Waals surface area contributed by atoms with Gasteiger partial charge in [-0.1, -0.05) is 12.1 Å². The van der Waals surface area contributed by atoms with Gasteiger partial charge in [-0.3, -0.25) is 19.7 Å². The lowest BCUT2D eigenvalue weighted by Crippen LogP contribution is -2.33. The Hall–Kier alpha value is -3.60. The van der Waals surface area contributed by atoms with Crippen molar-refractivity contribution in [2.24, 2.45) is 5.10 Å². The van der Waals surface area contributed by atoms with Gasteiger partial charge in [-0.05, 0) is 12.1 Å². The molecule has 2 aromatic carbocycles. The first-order chi connectivity index (χ1) is 13.9. The van der Waals surface area contributed by atoms with Gasteiger partial charge in [0.1, 0.15) is 0 Å². The quantitative estimate of drug-likeness (QED) is 0.372. The van der Waals surface area contributed by atoms with E-state index in [0.717, 1.165) is 23.2 Å². The van der Waals surface area contributed by atoms with Gasteiger partial charge >= 0.3 is 0 Å². The van der Waals surface area contributed by atoms with Gasteiger partial charge < -0.3 is 15.2 Å². The summed E-state index contributed by atoms with van der Waals surface area (Å²) in [6.07, 6.45) is 0.943. The fourth-order valence-electron chi connectivity index (χ4n) is 2.59. The van der Waals surface area contributed by atoms with Gasteiger partial charge in [0.05, 0.1) is 35.3 Å². The third-order valence-corrected chi connectivity index (χ3v) is 5.27. The number of phenols is 1. The van der Waals surface area contributed by atoms with E-state index in [4.69, 9.17) is 4.74 Å². The minimum absolute atomic E-state index is 0.00457. The summed E-state index contributed by atoms with van der Waals surface area (Å²) < 4.78 is 4.89. The van der Waals surface area contributed by atoms with Gasteiger partial charge in [0.15, 0.2) is 11.5 Å². The average Bonchev–Trinajstić information content (AvgIpc) is 2.69. The van der Waals surface area contributed by atoms with Crippen molar-refractivity contribution in [1.82, 2.24) is 5.43 Å². The molecular weight excluding hydrogens is 400 g/mol. The second kappa shape index (κ2) is 8.61. The molecule has 11 heteroatoms. The first-order valence-electron chi connectivity index (χ1n) is 8.33. The number of methoxy groups -OCH3 is 1. The lowest BCUT2D eigenvalue weighted by Gasteiger charge is -2.23. The Bertz CT molecular complexity index is 1010. The van der Waals surface area contributed by atoms with Crippen LogP contribution in [0.1, 0.15) is 12.0 Å². The molecule has 1 aliphatic heterocycles. The lowest BCUT2D eigenvalue weighted by atomic mass is 10.2. The van der Waals surface area contributed by atoms with Gasteiger partial charge in [0.25, 0.3) is 5.69 Å². The van der Waals surface area contributed by atoms with Crippen molar-refractivity contribution in [3.63, 3.8) is 0 Å². The van der Waals surface area contributed by atoms with E-state index >= 15 is 0 Å². The van der Waals surface area contributed by atoms with Crippen LogP contribution in [-0.4, -0.2) is 40.4 Å². The third-order valence-electron chi connectivity index (χ3n) is 3.99. The number of carbonyl (C=O) groups excluding carboxylic acids is 2. The summed E-state index contributed by atoms with van der Waals surface area (Å²) in [5, 5.41) is 26.8. The van der Waals surface area contributed by atoms with E-state index in [0.29, 0.717) is 5.69 Å². The second-order valence-corrected chi connectivity index (χ2v) is 7.18. The van der Waals surface area contributed by atoms with E-state index < -0.39 is 16.1 Å². The fourth-order valence-corrected chi connectivity index (χ4v) is 3.70. The van der Waals surface area contributed by atoms with Crippen LogP contribution in [0.4, 0.5) is 11.4 Å². The zero-order chi connectivity index (χ0) is 21.0. The molecular formula is C18H16N4O6S. The number of para-hydroxylation sites is 1. The largest absolute Gasteiger partial charge is 0.504 e. The summed E-state index contributed by atoms with van der Waals surface area (Å²) in [6.45, 7) is 0. The maximum absolute atomic E-state index is 12.1. The summed E-state index contributed by atoms with van der Waals surface area (Å²) in [4.78, 5) is 35.5. The number of carbonyl (C=O) groups is 2. The summed E-state index contributed by atoms with van der Waals surface area (Å²) in [7, 11) is 1.26. The smallest absolute Gasteiger partial charge is 0.274 e. The van der Waals surface area contributed by atoms with Crippen LogP contribution in [0.15, 0.2) is 46.4 Å². The van der Waals surface area contributed by atoms with Gasteiger partial charge in [-0.25, -0.2) is 5.43 Å². The molecule has 1 aliphatic rings. The first kappa shape index (κ1) is 20.1. The van der Waals surface area contributed by atoms with E-state index in [1.807, 2.05) is 12.1 Å². The number of phenolic OH excluding ortho intramolecular Hbond substituents is 1. The number of hydrogen-bond donors (Lipinski definition) is 3. The highest BCUT2D eigenvalue weighted by Gasteiger charge is 2.28. The molecule has 1 atom stereocenters. The predicted octanol–water partition coefficient (Wildman–Crippen LogP) is 2.26. The average molecular weight is 416 g/mol. The van der Waals surface area contributed by atoms with Crippen LogP contribution in [-0.2, 0) is 9.59 Å². The van der Waals surface area contributed by atoms with E-state index in [1.54, 1.807) is 12.1 Å². The number of rotatable bonds is 6. The number of thioether (sulfide) groups is 1. The molecule has 0 aromatic heterocycles. The normalized spacial score (nSPS) is 15.5. The topological polar surface area (TPSA) is 143 Å². The molecule has 150 valence electrons. The maximum Gasteiger partial charge on any atom is 0.274 e. The van der Waals surface area contributed by atoms with E-state index in [2.05, 4.69) is 15.8 Å². The number of nitro groups is 1. The molecule has 0 radical (unpaired) electrons. The number of ether oxygens (including phenoxy) is 1. The number of hydrogen-bond acceptors (Lipinski definition) is 8. The van der Waals surface area contributed by atoms with Crippen molar-refractivity contribution in [2.75, 3.05) is 12.4 Å². The number of hydrazone groups is 1. The van der Waals surface area contributed by atoms with Crippen LogP contribution in [0, 0.1) is 10.1 Å². The van der Waals surface area contributed by atoms with Gasteiger partial charge in [0.2, 0.25) is 11.8 Å². The minimum atomic E-state index is -0.644. The number of amides is 2. The third kappa shape index (κ3) is 4.63. The van der Waals surface area contributed by atoms with Crippen molar-refractivity contribution in [2.45, 2.75) is 16.6 Å². The van der Waals surface area contributed by atoms with Gasteiger partial charge in [-0.15, -0.1) is 11.8 Å². The Morgan fingerprint density at radius 1 is 1.45 bits per heavy atom. The molecule has 0 saturated carbocycles. The van der Waals surface area contributed by atoms with Crippen LogP contribution in [0.25, 0.3) is 0 Å². The molecule has 10 nitrogen and oxygen atoms in total. The lowest BCUT2D eigenvalue weighted by molar-refractivity contribution is -0.385. The van der Waals surface area contributed by atoms with Crippen LogP contribution < -0.4 is 15.5 Å². The minimum Gasteiger partial charge on any atom is -0.504 e. The van der Waals surface area contributed by atoms with Crippen molar-refractivity contribution in [1.29, 1.82) is 0 Å². The molecule has 2 amide bonds. The Balaban J connectivity index is 1.65. The van der Waals surface area contributed by atoms with E-state index in [1.165, 1.54) is 18.9 Å². The molecule has 2 aromatic rings. The number of non-ortho nitro benzene ring substituents is 1. The molecule has 0 spiro atoms. The SMILES string of the molecule is COc1cc([N+](=O)[O-])cc(/C=N\NC(=O)C[C@@H]2Sc3ccccc3NC2=O)c1O. The zero-order valence-corrected chi connectivity index (χ0v) is 15.9. The van der Waals surface area contributed by atoms with Crippen LogP contribution >= 0.6 is 11.8 Å². The maximum atomic E-state index is 12.1. The van der Waals surface area contributed by atoms with Crippen molar-refractivity contribution < 1.29 is 24.4 Å². The molecule has 3 rings (SSSR count). The van der Waals surface area contributed by atoms with Crippen LogP contribution in [0.5, 0.6) is 11.5 Å². The number of anilines is 1. The first-order valence-corrected chi connectivity index (χ1v) is 9.21. The summed E-state index contributed by atoms with van der Waals surface area (Å²) in [5.74, 6) is -1.25. The summed E-state index contributed by atoms with van der Waals surface area (Å²) >= 11 is 1.28. The number of nitrogens with zero attached hydrogens (tertiary/aromatic N) is 2. The standard InChI is InChI=1S/C18H16N4O6S/c1-28-13-7-11(22(26)27)6-10(17(13)24)9-19-21-16(23)8-15-18(25)20-12-4-2-3-5-14(12)29-15/h2-7,9,15,24H,8H2,1H3,(H,20,25)(H,21,23)/b19-9-/t15-/m0/s1. The molecule has 3 N–H and O–H groups in total. The van der Waals surface area contributed by atoms with Crippen LogP contribution in [0.2, 0.25) is 0 Å². The highest BCUT2D eigenvalue weighted by atomic mass is 32.2. The Labute approximate surface area is 169 Å². The van der Waals surface area contributed by atoms with Crippen molar-refractivity contribution >= 4 is 41.2 Å². The number of aromatic hydroxyl groups is 1. The van der Waals surface area contributed by atoms with Crippen molar-refractivity contribution in [3.8, 4) is 11.5 Å². The highest BCUT2D eigenvalue weighted by Crippen LogP contribution is 2.36. The number of nitro benzene ring substituents is 1.